The molecule has 152 valence electrons. The van der Waals surface area contributed by atoms with Crippen molar-refractivity contribution in [3.05, 3.63) is 56.8 Å². The largest absolute Gasteiger partial charge is 0.465 e. The first-order chi connectivity index (χ1) is 14.1. The van der Waals surface area contributed by atoms with Gasteiger partial charge < -0.3 is 9.64 Å². The number of hydrogen-bond donors (Lipinski definition) is 0. The molecule has 4 rings (SSSR count). The third-order valence-corrected chi connectivity index (χ3v) is 7.19. The minimum Gasteiger partial charge on any atom is -0.465 e. The van der Waals surface area contributed by atoms with Crippen molar-refractivity contribution in [2.75, 3.05) is 26.0 Å². The summed E-state index contributed by atoms with van der Waals surface area (Å²) in [5, 5.41) is 1.83. The van der Waals surface area contributed by atoms with E-state index in [0.717, 1.165) is 40.3 Å². The SMILES string of the molecule is CCOC(=O)CSc1c2c3c(sc2nc(=O)n1Cc1ccccc1)CCN(C)C3. The topological polar surface area (TPSA) is 64.4 Å². The van der Waals surface area contributed by atoms with Crippen LogP contribution in [0.2, 0.25) is 0 Å². The molecule has 2 aromatic heterocycles. The summed E-state index contributed by atoms with van der Waals surface area (Å²) in [7, 11) is 2.10. The Morgan fingerprint density at radius 2 is 2.10 bits per heavy atom. The second kappa shape index (κ2) is 8.69. The standard InChI is InChI=1S/C21H23N3O3S2/c1-3-27-17(25)13-28-20-18-15-12-23(2)10-9-16(15)29-19(18)22-21(26)24(20)11-14-7-5-4-6-8-14/h4-8H,3,9-13H2,1-2H3. The number of thioether (sulfide) groups is 1. The maximum Gasteiger partial charge on any atom is 0.350 e. The first kappa shape index (κ1) is 20.1. The predicted octanol–water partition coefficient (Wildman–Crippen LogP) is 3.15. The summed E-state index contributed by atoms with van der Waals surface area (Å²) < 4.78 is 6.80. The number of likely N-dealkylation sites (N-methyl/N-ethyl adjacent to an activating group) is 1. The van der Waals surface area contributed by atoms with Gasteiger partial charge in [0.2, 0.25) is 0 Å². The van der Waals surface area contributed by atoms with E-state index in [9.17, 15) is 9.59 Å². The zero-order chi connectivity index (χ0) is 20.4. The molecule has 3 aromatic rings. The Bertz CT molecular complexity index is 1090. The normalized spacial score (nSPS) is 14.1. The molecule has 6 nitrogen and oxygen atoms in total. The van der Waals surface area contributed by atoms with E-state index in [1.807, 2.05) is 30.3 Å². The molecule has 0 saturated heterocycles. The van der Waals surface area contributed by atoms with Gasteiger partial charge in [0.05, 0.1) is 23.9 Å². The van der Waals surface area contributed by atoms with Crippen LogP contribution in [0.1, 0.15) is 22.9 Å². The lowest BCUT2D eigenvalue weighted by molar-refractivity contribution is -0.139. The third-order valence-electron chi connectivity index (χ3n) is 4.92. The fourth-order valence-corrected chi connectivity index (χ4v) is 5.79. The van der Waals surface area contributed by atoms with Crippen molar-refractivity contribution in [2.45, 2.75) is 31.5 Å². The molecule has 0 saturated carbocycles. The lowest BCUT2D eigenvalue weighted by atomic mass is 10.1. The van der Waals surface area contributed by atoms with Crippen LogP contribution in [0.3, 0.4) is 0 Å². The van der Waals surface area contributed by atoms with Gasteiger partial charge >= 0.3 is 11.7 Å². The van der Waals surface area contributed by atoms with Gasteiger partial charge in [-0.05, 0) is 31.5 Å². The number of thiophene rings is 1. The Labute approximate surface area is 177 Å². The van der Waals surface area contributed by atoms with E-state index in [2.05, 4.69) is 16.9 Å². The molecule has 0 radical (unpaired) electrons. The van der Waals surface area contributed by atoms with Crippen molar-refractivity contribution in [1.82, 2.24) is 14.5 Å². The lowest BCUT2D eigenvalue weighted by Gasteiger charge is -2.23. The maximum atomic E-state index is 12.9. The Balaban J connectivity index is 1.84. The molecule has 0 bridgehead atoms. The van der Waals surface area contributed by atoms with Gasteiger partial charge in [-0.15, -0.1) is 11.3 Å². The molecule has 0 spiro atoms. The minimum atomic E-state index is -0.278. The Morgan fingerprint density at radius 1 is 1.31 bits per heavy atom. The highest BCUT2D eigenvalue weighted by atomic mass is 32.2. The Kier molecular flexibility index (Phi) is 6.03. The monoisotopic (exact) mass is 429 g/mol. The minimum absolute atomic E-state index is 0.168. The van der Waals surface area contributed by atoms with Gasteiger partial charge in [-0.25, -0.2) is 4.79 Å². The number of rotatable bonds is 6. The number of esters is 1. The van der Waals surface area contributed by atoms with Crippen LogP contribution in [0.4, 0.5) is 0 Å². The molecule has 1 aliphatic heterocycles. The number of carbonyl (C=O) groups excluding carboxylic acids is 1. The fourth-order valence-electron chi connectivity index (χ4n) is 3.56. The molecule has 3 heterocycles. The van der Waals surface area contributed by atoms with Crippen molar-refractivity contribution in [3.63, 3.8) is 0 Å². The summed E-state index contributed by atoms with van der Waals surface area (Å²) in [5.41, 5.74) is 1.98. The van der Waals surface area contributed by atoms with Crippen LogP contribution in [-0.4, -0.2) is 46.4 Å². The molecule has 29 heavy (non-hydrogen) atoms. The zero-order valence-electron chi connectivity index (χ0n) is 16.5. The number of benzene rings is 1. The number of nitrogens with zero attached hydrogens (tertiary/aromatic N) is 3. The van der Waals surface area contributed by atoms with E-state index in [0.29, 0.717) is 13.2 Å². The van der Waals surface area contributed by atoms with Crippen LogP contribution < -0.4 is 5.69 Å². The van der Waals surface area contributed by atoms with Crippen molar-refractivity contribution < 1.29 is 9.53 Å². The number of ether oxygens (including phenoxy) is 1. The van der Waals surface area contributed by atoms with Gasteiger partial charge in [0.25, 0.3) is 0 Å². The van der Waals surface area contributed by atoms with E-state index in [-0.39, 0.29) is 17.4 Å². The number of hydrogen-bond acceptors (Lipinski definition) is 7. The summed E-state index contributed by atoms with van der Waals surface area (Å²) in [5.74, 6) is -0.107. The summed E-state index contributed by atoms with van der Waals surface area (Å²) in [6.45, 7) is 4.39. The van der Waals surface area contributed by atoms with E-state index < -0.39 is 0 Å². The van der Waals surface area contributed by atoms with Crippen molar-refractivity contribution in [1.29, 1.82) is 0 Å². The third kappa shape index (κ3) is 4.24. The summed E-state index contributed by atoms with van der Waals surface area (Å²) in [6, 6.07) is 9.86. The number of fused-ring (bicyclic) bond motifs is 3. The second-order valence-electron chi connectivity index (χ2n) is 7.04. The smallest absolute Gasteiger partial charge is 0.350 e. The van der Waals surface area contributed by atoms with Gasteiger partial charge in [-0.2, -0.15) is 4.98 Å². The average Bonchev–Trinajstić information content (AvgIpc) is 3.06. The highest BCUT2D eigenvalue weighted by molar-refractivity contribution is 8.00. The molecule has 8 heteroatoms. The summed E-state index contributed by atoms with van der Waals surface area (Å²) in [6.07, 6.45) is 0.960. The summed E-state index contributed by atoms with van der Waals surface area (Å²) in [4.78, 5) is 33.7. The molecular formula is C21H23N3O3S2. The van der Waals surface area contributed by atoms with Crippen LogP contribution in [0.15, 0.2) is 40.2 Å². The van der Waals surface area contributed by atoms with Crippen LogP contribution in [-0.2, 0) is 29.0 Å². The van der Waals surface area contributed by atoms with Crippen LogP contribution >= 0.6 is 23.1 Å². The molecule has 0 N–H and O–H groups in total. The van der Waals surface area contributed by atoms with Crippen molar-refractivity contribution >= 4 is 39.3 Å². The number of aromatic nitrogens is 2. The quantitative estimate of drug-likeness (QED) is 0.341. The first-order valence-corrected chi connectivity index (χ1v) is 11.4. The van der Waals surface area contributed by atoms with Gasteiger partial charge in [-0.3, -0.25) is 9.36 Å². The molecule has 0 atom stereocenters. The number of carbonyl (C=O) groups is 1. The van der Waals surface area contributed by atoms with Gasteiger partial charge in [-0.1, -0.05) is 42.1 Å². The molecule has 0 fully saturated rings. The molecule has 1 aromatic carbocycles. The van der Waals surface area contributed by atoms with E-state index >= 15 is 0 Å². The van der Waals surface area contributed by atoms with Gasteiger partial charge in [0.1, 0.15) is 4.83 Å². The van der Waals surface area contributed by atoms with Crippen LogP contribution in [0.25, 0.3) is 10.2 Å². The maximum absolute atomic E-state index is 12.9. The van der Waals surface area contributed by atoms with Gasteiger partial charge in [0.15, 0.2) is 0 Å². The molecule has 0 amide bonds. The molecular weight excluding hydrogens is 406 g/mol. The molecule has 0 unspecified atom stereocenters. The Hall–Kier alpha value is -2.16. The van der Waals surface area contributed by atoms with Crippen LogP contribution in [0.5, 0.6) is 0 Å². The van der Waals surface area contributed by atoms with Crippen molar-refractivity contribution in [2.24, 2.45) is 0 Å². The van der Waals surface area contributed by atoms with Crippen molar-refractivity contribution in [3.8, 4) is 0 Å². The lowest BCUT2D eigenvalue weighted by Crippen LogP contribution is -2.27. The van der Waals surface area contributed by atoms with E-state index in [4.69, 9.17) is 4.74 Å². The van der Waals surface area contributed by atoms with E-state index in [1.165, 1.54) is 22.2 Å². The molecule has 0 aliphatic carbocycles. The predicted molar refractivity (Wildman–Crippen MR) is 117 cm³/mol. The fraction of sp³-hybridized carbons (Fsp3) is 0.381. The Morgan fingerprint density at radius 3 is 2.86 bits per heavy atom. The zero-order valence-corrected chi connectivity index (χ0v) is 18.1. The van der Waals surface area contributed by atoms with E-state index in [1.54, 1.807) is 22.8 Å². The van der Waals surface area contributed by atoms with Gasteiger partial charge in [0, 0.05) is 23.4 Å². The molecule has 1 aliphatic rings. The summed E-state index contributed by atoms with van der Waals surface area (Å²) >= 11 is 2.98. The second-order valence-corrected chi connectivity index (χ2v) is 9.08. The highest BCUT2D eigenvalue weighted by Gasteiger charge is 2.25. The highest BCUT2D eigenvalue weighted by Crippen LogP contribution is 2.38. The average molecular weight is 430 g/mol. The first-order valence-electron chi connectivity index (χ1n) is 9.62. The van der Waals surface area contributed by atoms with Crippen LogP contribution in [0, 0.1) is 0 Å².